The van der Waals surface area contributed by atoms with Gasteiger partial charge in [0.05, 0.1) is 20.6 Å². The lowest BCUT2D eigenvalue weighted by atomic mass is 10.0. The Bertz CT molecular complexity index is 903. The molecule has 6 nitrogen and oxygen atoms in total. The second-order valence-electron chi connectivity index (χ2n) is 6.16. The Hall–Kier alpha value is -3.28. The van der Waals surface area contributed by atoms with Crippen LogP contribution in [0.3, 0.4) is 0 Å². The third-order valence-corrected chi connectivity index (χ3v) is 4.40. The predicted octanol–water partition coefficient (Wildman–Crippen LogP) is 2.89. The molecule has 0 bridgehead atoms. The summed E-state index contributed by atoms with van der Waals surface area (Å²) in [5.74, 6) is 2.11. The minimum Gasteiger partial charge on any atom is -0.497 e. The number of imidazole rings is 1. The lowest BCUT2D eigenvalue weighted by Crippen LogP contribution is -2.32. The van der Waals surface area contributed by atoms with Crippen LogP contribution in [0.2, 0.25) is 0 Å². The zero-order chi connectivity index (χ0) is 19.2. The average molecular weight is 365 g/mol. The van der Waals surface area contributed by atoms with Gasteiger partial charge in [0.25, 0.3) is 0 Å². The van der Waals surface area contributed by atoms with Gasteiger partial charge in [0.2, 0.25) is 5.91 Å². The quantitative estimate of drug-likeness (QED) is 0.699. The number of para-hydroxylation sites is 1. The maximum absolute atomic E-state index is 12.7. The van der Waals surface area contributed by atoms with Crippen molar-refractivity contribution in [3.8, 4) is 11.5 Å². The van der Waals surface area contributed by atoms with Crippen LogP contribution in [0.4, 0.5) is 0 Å². The molecule has 1 amide bonds. The molecule has 1 unspecified atom stereocenters. The fourth-order valence-corrected chi connectivity index (χ4v) is 2.98. The molecule has 0 radical (unpaired) electrons. The number of ether oxygens (including phenoxy) is 2. The summed E-state index contributed by atoms with van der Waals surface area (Å²) >= 11 is 0. The van der Waals surface area contributed by atoms with Crippen molar-refractivity contribution in [1.29, 1.82) is 0 Å². The van der Waals surface area contributed by atoms with E-state index in [0.29, 0.717) is 5.75 Å². The normalized spacial score (nSPS) is 11.7. The minimum absolute atomic E-state index is 0.0981. The van der Waals surface area contributed by atoms with Crippen molar-refractivity contribution in [3.63, 3.8) is 0 Å². The molecule has 0 fully saturated rings. The van der Waals surface area contributed by atoms with E-state index in [1.807, 2.05) is 66.3 Å². The van der Waals surface area contributed by atoms with Gasteiger partial charge in [-0.1, -0.05) is 30.3 Å². The molecule has 1 atom stereocenters. The molecule has 0 aliphatic carbocycles. The Labute approximate surface area is 158 Å². The molecule has 1 heterocycles. The highest BCUT2D eigenvalue weighted by Gasteiger charge is 2.23. The van der Waals surface area contributed by atoms with Crippen LogP contribution in [0.25, 0.3) is 0 Å². The number of nitrogens with one attached hydrogen (secondary N) is 1. The van der Waals surface area contributed by atoms with Crippen LogP contribution in [0.5, 0.6) is 11.5 Å². The minimum atomic E-state index is -0.410. The Morgan fingerprint density at radius 3 is 2.48 bits per heavy atom. The van der Waals surface area contributed by atoms with Gasteiger partial charge in [0, 0.05) is 25.0 Å². The molecule has 3 aromatic rings. The summed E-state index contributed by atoms with van der Waals surface area (Å²) in [6.45, 7) is 0. The molecule has 3 rings (SSSR count). The molecule has 0 saturated carbocycles. The van der Waals surface area contributed by atoms with Gasteiger partial charge in [0.15, 0.2) is 0 Å². The highest BCUT2D eigenvalue weighted by molar-refractivity contribution is 5.79. The van der Waals surface area contributed by atoms with Crippen LogP contribution < -0.4 is 14.8 Å². The number of aryl methyl sites for hydroxylation is 1. The third kappa shape index (κ3) is 4.28. The van der Waals surface area contributed by atoms with Gasteiger partial charge >= 0.3 is 0 Å². The van der Waals surface area contributed by atoms with Crippen molar-refractivity contribution in [3.05, 3.63) is 77.9 Å². The van der Waals surface area contributed by atoms with E-state index < -0.39 is 6.04 Å². The number of hydrogen-bond donors (Lipinski definition) is 1. The molecule has 1 N–H and O–H groups in total. The number of hydrogen-bond acceptors (Lipinski definition) is 4. The first-order valence-corrected chi connectivity index (χ1v) is 8.64. The number of aromatic nitrogens is 2. The number of carbonyl (C=O) groups is 1. The number of benzene rings is 2. The fraction of sp³-hybridized carbons (Fsp3) is 0.238. The lowest BCUT2D eigenvalue weighted by Gasteiger charge is -2.21. The maximum atomic E-state index is 12.7. The number of rotatable bonds is 7. The molecule has 0 aliphatic heterocycles. The smallest absolute Gasteiger partial charge is 0.225 e. The molecular formula is C21H23N3O3. The summed E-state index contributed by atoms with van der Waals surface area (Å²) < 4.78 is 12.5. The summed E-state index contributed by atoms with van der Waals surface area (Å²) in [5, 5.41) is 3.09. The Morgan fingerprint density at radius 1 is 1.11 bits per heavy atom. The average Bonchev–Trinajstić information content (AvgIpc) is 3.12. The molecule has 140 valence electrons. The van der Waals surface area contributed by atoms with Crippen molar-refractivity contribution >= 4 is 5.91 Å². The van der Waals surface area contributed by atoms with E-state index in [1.165, 1.54) is 0 Å². The first-order valence-electron chi connectivity index (χ1n) is 8.64. The van der Waals surface area contributed by atoms with Gasteiger partial charge in [-0.3, -0.25) is 4.79 Å². The second-order valence-corrected chi connectivity index (χ2v) is 6.16. The Kier molecular flexibility index (Phi) is 5.76. The number of methoxy groups -OCH3 is 2. The van der Waals surface area contributed by atoms with Crippen molar-refractivity contribution in [2.24, 2.45) is 7.05 Å². The summed E-state index contributed by atoms with van der Waals surface area (Å²) in [6, 6.07) is 14.7. The Morgan fingerprint density at radius 2 is 1.85 bits per heavy atom. The number of carbonyl (C=O) groups excluding carboxylic acids is 1. The van der Waals surface area contributed by atoms with E-state index in [2.05, 4.69) is 10.3 Å². The summed E-state index contributed by atoms with van der Waals surface area (Å²) in [7, 11) is 5.14. The van der Waals surface area contributed by atoms with E-state index in [1.54, 1.807) is 20.4 Å². The van der Waals surface area contributed by atoms with Crippen molar-refractivity contribution in [2.45, 2.75) is 12.5 Å². The number of amides is 1. The van der Waals surface area contributed by atoms with Gasteiger partial charge in [-0.2, -0.15) is 0 Å². The monoisotopic (exact) mass is 365 g/mol. The van der Waals surface area contributed by atoms with Gasteiger partial charge in [-0.05, 0) is 23.8 Å². The van der Waals surface area contributed by atoms with Gasteiger partial charge in [0.1, 0.15) is 23.4 Å². The van der Waals surface area contributed by atoms with Gasteiger partial charge in [-0.15, -0.1) is 0 Å². The zero-order valence-corrected chi connectivity index (χ0v) is 15.7. The summed E-state index contributed by atoms with van der Waals surface area (Å²) in [4.78, 5) is 17.2. The first kappa shape index (κ1) is 18.5. The SMILES string of the molecule is COc1ccc(CC(=O)NC(c2ccccc2OC)c2nccn2C)cc1. The van der Waals surface area contributed by atoms with Crippen LogP contribution in [0.1, 0.15) is 23.0 Å². The van der Waals surface area contributed by atoms with E-state index >= 15 is 0 Å². The summed E-state index contributed by atoms with van der Waals surface area (Å²) in [6.07, 6.45) is 3.83. The van der Waals surface area contributed by atoms with Crippen LogP contribution in [-0.4, -0.2) is 29.7 Å². The molecule has 2 aromatic carbocycles. The van der Waals surface area contributed by atoms with E-state index in [-0.39, 0.29) is 12.3 Å². The largest absolute Gasteiger partial charge is 0.497 e. The van der Waals surface area contributed by atoms with E-state index in [4.69, 9.17) is 9.47 Å². The van der Waals surface area contributed by atoms with Crippen molar-refractivity contribution < 1.29 is 14.3 Å². The maximum Gasteiger partial charge on any atom is 0.225 e. The molecule has 0 saturated heterocycles. The standard InChI is InChI=1S/C21H23N3O3/c1-24-13-12-22-21(24)20(17-6-4-5-7-18(17)27-3)23-19(25)14-15-8-10-16(26-2)11-9-15/h4-13,20H,14H2,1-3H3,(H,23,25). The van der Waals surface area contributed by atoms with E-state index in [0.717, 1.165) is 22.7 Å². The number of nitrogens with zero attached hydrogens (tertiary/aromatic N) is 2. The Balaban J connectivity index is 1.85. The third-order valence-electron chi connectivity index (χ3n) is 4.40. The van der Waals surface area contributed by atoms with Crippen LogP contribution >= 0.6 is 0 Å². The zero-order valence-electron chi connectivity index (χ0n) is 15.7. The van der Waals surface area contributed by atoms with Crippen molar-refractivity contribution in [2.75, 3.05) is 14.2 Å². The van der Waals surface area contributed by atoms with E-state index in [9.17, 15) is 4.79 Å². The highest BCUT2D eigenvalue weighted by atomic mass is 16.5. The van der Waals surface area contributed by atoms with Crippen LogP contribution in [0.15, 0.2) is 60.9 Å². The summed E-state index contributed by atoms with van der Waals surface area (Å²) in [5.41, 5.74) is 1.77. The topological polar surface area (TPSA) is 65.4 Å². The van der Waals surface area contributed by atoms with Crippen LogP contribution in [0, 0.1) is 0 Å². The molecule has 6 heteroatoms. The van der Waals surface area contributed by atoms with Crippen LogP contribution in [-0.2, 0) is 18.3 Å². The van der Waals surface area contributed by atoms with Crippen molar-refractivity contribution in [1.82, 2.24) is 14.9 Å². The lowest BCUT2D eigenvalue weighted by molar-refractivity contribution is -0.121. The molecule has 27 heavy (non-hydrogen) atoms. The fourth-order valence-electron chi connectivity index (χ4n) is 2.98. The first-order chi connectivity index (χ1) is 13.1. The molecule has 1 aromatic heterocycles. The molecular weight excluding hydrogens is 342 g/mol. The van der Waals surface area contributed by atoms with Gasteiger partial charge in [-0.25, -0.2) is 4.98 Å². The molecule has 0 aliphatic rings. The second kappa shape index (κ2) is 8.40. The van der Waals surface area contributed by atoms with Gasteiger partial charge < -0.3 is 19.4 Å². The highest BCUT2D eigenvalue weighted by Crippen LogP contribution is 2.29. The molecule has 0 spiro atoms. The predicted molar refractivity (Wildman–Crippen MR) is 103 cm³/mol.